The minimum atomic E-state index is -1.63. The summed E-state index contributed by atoms with van der Waals surface area (Å²) in [4.78, 5) is 55.1. The van der Waals surface area contributed by atoms with E-state index in [-0.39, 0.29) is 44.4 Å². The van der Waals surface area contributed by atoms with Crippen LogP contribution in [0.25, 0.3) is 11.0 Å². The van der Waals surface area contributed by atoms with Crippen molar-refractivity contribution in [3.63, 3.8) is 0 Å². The molecular weight excluding hydrogens is 452 g/mol. The van der Waals surface area contributed by atoms with Gasteiger partial charge in [0, 0.05) is 43.5 Å². The second-order valence-corrected chi connectivity index (χ2v) is 8.68. The number of anilines is 1. The van der Waals surface area contributed by atoms with E-state index in [0.29, 0.717) is 27.8 Å². The van der Waals surface area contributed by atoms with Gasteiger partial charge in [-0.25, -0.2) is 9.59 Å². The summed E-state index contributed by atoms with van der Waals surface area (Å²) in [5, 5.41) is 0.640. The summed E-state index contributed by atoms with van der Waals surface area (Å²) in [6, 6.07) is 13.4. The van der Waals surface area contributed by atoms with Crippen LogP contribution in [-0.2, 0) is 25.7 Å². The third kappa shape index (κ3) is 3.59. The molecule has 0 saturated carbocycles. The van der Waals surface area contributed by atoms with E-state index in [2.05, 4.69) is 0 Å². The first-order chi connectivity index (χ1) is 16.9. The first kappa shape index (κ1) is 22.8. The number of rotatable bonds is 6. The summed E-state index contributed by atoms with van der Waals surface area (Å²) in [7, 11) is 1.50. The zero-order valence-corrected chi connectivity index (χ0v) is 19.4. The van der Waals surface area contributed by atoms with Crippen molar-refractivity contribution in [1.82, 2.24) is 4.90 Å². The molecule has 0 spiro atoms. The van der Waals surface area contributed by atoms with Crippen LogP contribution < -0.4 is 10.5 Å². The van der Waals surface area contributed by atoms with Crippen LogP contribution in [-0.4, -0.2) is 48.6 Å². The maximum absolute atomic E-state index is 13.8. The van der Waals surface area contributed by atoms with Crippen LogP contribution in [0.4, 0.5) is 5.69 Å². The normalized spacial score (nSPS) is 19.1. The van der Waals surface area contributed by atoms with E-state index in [0.717, 1.165) is 5.56 Å². The van der Waals surface area contributed by atoms with Gasteiger partial charge in [0.15, 0.2) is 0 Å². The minimum absolute atomic E-state index is 0.0807. The van der Waals surface area contributed by atoms with Gasteiger partial charge >= 0.3 is 11.6 Å². The molecule has 35 heavy (non-hydrogen) atoms. The number of carbonyl (C=O) groups is 3. The number of fused-ring (bicyclic) bond motifs is 4. The molecule has 1 aromatic heterocycles. The van der Waals surface area contributed by atoms with Crippen LogP contribution in [0.15, 0.2) is 57.7 Å². The number of amides is 2. The molecule has 1 saturated heterocycles. The molecule has 2 aromatic carbocycles. The third-order valence-corrected chi connectivity index (χ3v) is 6.56. The van der Waals surface area contributed by atoms with Crippen LogP contribution in [0.1, 0.15) is 34.3 Å². The molecule has 1 atom stereocenters. The Morgan fingerprint density at radius 2 is 1.91 bits per heavy atom. The third-order valence-electron chi connectivity index (χ3n) is 6.56. The van der Waals surface area contributed by atoms with Crippen molar-refractivity contribution in [1.29, 1.82) is 0 Å². The predicted octanol–water partition coefficient (Wildman–Crippen LogP) is 2.77. The fourth-order valence-electron chi connectivity index (χ4n) is 4.95. The van der Waals surface area contributed by atoms with Gasteiger partial charge in [0.05, 0.1) is 17.9 Å². The number of methoxy groups -OCH3 is 1. The van der Waals surface area contributed by atoms with E-state index < -0.39 is 17.3 Å². The van der Waals surface area contributed by atoms with Gasteiger partial charge in [0.2, 0.25) is 11.6 Å². The quantitative estimate of drug-likeness (QED) is 0.398. The molecule has 0 bridgehead atoms. The molecule has 3 heterocycles. The Hall–Kier alpha value is -3.98. The first-order valence-electron chi connectivity index (χ1n) is 11.3. The van der Waals surface area contributed by atoms with Gasteiger partial charge in [-0.05, 0) is 30.7 Å². The number of nitrogens with zero attached hydrogens (tertiary/aromatic N) is 2. The Morgan fingerprint density at radius 1 is 1.11 bits per heavy atom. The number of hydrogen-bond acceptors (Lipinski definition) is 7. The Kier molecular flexibility index (Phi) is 5.64. The highest BCUT2D eigenvalue weighted by Gasteiger charge is 2.61. The largest absolute Gasteiger partial charge is 0.458 e. The van der Waals surface area contributed by atoms with Gasteiger partial charge < -0.3 is 18.8 Å². The average Bonchev–Trinajstić information content (AvgIpc) is 3.20. The predicted molar refractivity (Wildman–Crippen MR) is 126 cm³/mol. The van der Waals surface area contributed by atoms with Crippen molar-refractivity contribution >= 4 is 34.4 Å². The van der Waals surface area contributed by atoms with Crippen LogP contribution in [0.5, 0.6) is 0 Å². The fourth-order valence-corrected chi connectivity index (χ4v) is 4.95. The number of benzene rings is 2. The summed E-state index contributed by atoms with van der Waals surface area (Å²) < 4.78 is 16.2. The molecule has 2 aliphatic rings. The van der Waals surface area contributed by atoms with E-state index in [1.165, 1.54) is 23.0 Å². The number of hydrogen-bond donors (Lipinski definition) is 0. The second kappa shape index (κ2) is 8.66. The van der Waals surface area contributed by atoms with E-state index >= 15 is 0 Å². The summed E-state index contributed by atoms with van der Waals surface area (Å²) in [5.74, 6) is -1.39. The number of esters is 1. The van der Waals surface area contributed by atoms with Gasteiger partial charge in [-0.3, -0.25) is 14.5 Å². The summed E-state index contributed by atoms with van der Waals surface area (Å²) in [5.41, 5.74) is 0.310. The highest BCUT2D eigenvalue weighted by Crippen LogP contribution is 2.45. The minimum Gasteiger partial charge on any atom is -0.458 e. The molecule has 5 rings (SSSR count). The maximum atomic E-state index is 13.8. The highest BCUT2D eigenvalue weighted by molar-refractivity contribution is 6.15. The average molecular weight is 476 g/mol. The topological polar surface area (TPSA) is 106 Å². The fraction of sp³-hybridized carbons (Fsp3) is 0.308. The van der Waals surface area contributed by atoms with Crippen LogP contribution in [0.3, 0.4) is 0 Å². The van der Waals surface area contributed by atoms with Crippen LogP contribution >= 0.6 is 0 Å². The molecule has 180 valence electrons. The van der Waals surface area contributed by atoms with Crippen LogP contribution in [0, 0.1) is 6.92 Å². The Morgan fingerprint density at radius 3 is 2.71 bits per heavy atom. The summed E-state index contributed by atoms with van der Waals surface area (Å²) in [6.07, 6.45) is 0.169. The van der Waals surface area contributed by atoms with Gasteiger partial charge in [0.25, 0.3) is 5.91 Å². The molecule has 2 aliphatic heterocycles. The van der Waals surface area contributed by atoms with Gasteiger partial charge in [0.1, 0.15) is 12.2 Å². The molecule has 3 aromatic rings. The standard InChI is InChI=1S/C26H24N2O7/c1-16-7-8-18-17(14-23(30)35-21(18)13-16)15-34-25(32)26-10-9-22(29)28(26)20-6-4-3-5-19(20)24(31)27(26)11-12-33-2/h3-8,13-14H,9-12,15H2,1-2H3. The monoisotopic (exact) mass is 476 g/mol. The molecule has 0 radical (unpaired) electrons. The lowest BCUT2D eigenvalue weighted by Crippen LogP contribution is -2.68. The van der Waals surface area contributed by atoms with Crippen molar-refractivity contribution < 1.29 is 28.3 Å². The van der Waals surface area contributed by atoms with E-state index in [1.54, 1.807) is 36.4 Å². The molecule has 9 nitrogen and oxygen atoms in total. The zero-order valence-electron chi connectivity index (χ0n) is 19.4. The zero-order chi connectivity index (χ0) is 24.7. The highest BCUT2D eigenvalue weighted by atomic mass is 16.5. The lowest BCUT2D eigenvalue weighted by Gasteiger charge is -2.48. The van der Waals surface area contributed by atoms with Crippen molar-refractivity contribution in [3.8, 4) is 0 Å². The smallest absolute Gasteiger partial charge is 0.354 e. The van der Waals surface area contributed by atoms with Gasteiger partial charge in [-0.1, -0.05) is 24.3 Å². The van der Waals surface area contributed by atoms with Crippen LogP contribution in [0.2, 0.25) is 0 Å². The van der Waals surface area contributed by atoms with E-state index in [9.17, 15) is 19.2 Å². The lowest BCUT2D eigenvalue weighted by atomic mass is 9.96. The first-order valence-corrected chi connectivity index (χ1v) is 11.3. The number of para-hydroxylation sites is 1. The molecule has 2 amide bonds. The van der Waals surface area contributed by atoms with Crippen molar-refractivity contribution in [3.05, 3.63) is 75.6 Å². The van der Waals surface area contributed by atoms with E-state index in [4.69, 9.17) is 13.9 Å². The second-order valence-electron chi connectivity index (χ2n) is 8.68. The van der Waals surface area contributed by atoms with Crippen molar-refractivity contribution in [2.45, 2.75) is 32.0 Å². The lowest BCUT2D eigenvalue weighted by molar-refractivity contribution is -0.159. The number of carbonyl (C=O) groups excluding carboxylic acids is 3. The molecular formula is C26H24N2O7. The van der Waals surface area contributed by atoms with Crippen molar-refractivity contribution in [2.24, 2.45) is 0 Å². The molecule has 0 N–H and O–H groups in total. The van der Waals surface area contributed by atoms with Gasteiger partial charge in [-0.2, -0.15) is 0 Å². The molecule has 0 aliphatic carbocycles. The maximum Gasteiger partial charge on any atom is 0.354 e. The number of ether oxygens (including phenoxy) is 2. The number of aryl methyl sites for hydroxylation is 1. The van der Waals surface area contributed by atoms with Crippen molar-refractivity contribution in [2.75, 3.05) is 25.2 Å². The summed E-state index contributed by atoms with van der Waals surface area (Å²) >= 11 is 0. The Bertz CT molecular complexity index is 1410. The molecule has 1 unspecified atom stereocenters. The molecule has 9 heteroatoms. The summed E-state index contributed by atoms with van der Waals surface area (Å²) in [6.45, 7) is 1.93. The van der Waals surface area contributed by atoms with Gasteiger partial charge in [-0.15, -0.1) is 0 Å². The SMILES string of the molecule is COCCN1C(=O)c2ccccc2N2C(=O)CCC12C(=O)OCc1cc(=O)oc2cc(C)ccc12. The Labute approximate surface area is 200 Å². The van der Waals surface area contributed by atoms with E-state index in [1.807, 2.05) is 13.0 Å². The Balaban J connectivity index is 1.55. The molecule has 1 fully saturated rings.